The Morgan fingerprint density at radius 3 is 2.95 bits per heavy atom. The molecule has 1 aliphatic heterocycles. The van der Waals surface area contributed by atoms with Gasteiger partial charge < -0.3 is 14.6 Å². The van der Waals surface area contributed by atoms with Gasteiger partial charge in [-0.2, -0.15) is 0 Å². The number of benzene rings is 1. The van der Waals surface area contributed by atoms with Gasteiger partial charge in [-0.05, 0) is 30.5 Å². The lowest BCUT2D eigenvalue weighted by Crippen LogP contribution is -2.50. The van der Waals surface area contributed by atoms with Crippen LogP contribution in [0.4, 0.5) is 0 Å². The number of methoxy groups -OCH3 is 1. The Bertz CT molecular complexity index is 511. The molecule has 1 heterocycles. The molecule has 122 valence electrons. The summed E-state index contributed by atoms with van der Waals surface area (Å²) in [6.45, 7) is 3.20. The normalized spacial score (nSPS) is 29.7. The van der Waals surface area contributed by atoms with Gasteiger partial charge >= 0.3 is 0 Å². The van der Waals surface area contributed by atoms with E-state index in [1.54, 1.807) is 7.11 Å². The van der Waals surface area contributed by atoms with E-state index in [9.17, 15) is 5.11 Å². The van der Waals surface area contributed by atoms with Gasteiger partial charge in [-0.3, -0.25) is 4.90 Å². The second-order valence-corrected chi connectivity index (χ2v) is 6.65. The highest BCUT2D eigenvalue weighted by molar-refractivity contribution is 6.32. The van der Waals surface area contributed by atoms with E-state index in [1.165, 1.54) is 5.56 Å². The third-order valence-electron chi connectivity index (χ3n) is 4.91. The second-order valence-electron chi connectivity index (χ2n) is 6.24. The van der Waals surface area contributed by atoms with E-state index in [0.29, 0.717) is 29.3 Å². The molecule has 1 saturated carbocycles. The SMILES string of the molecule is COc1ccc(CN2CCOC[C@@H]2[C@H]2CCC[C@@H]2O)cc1Cl. The summed E-state index contributed by atoms with van der Waals surface area (Å²) in [6, 6.07) is 6.24. The fourth-order valence-electron chi connectivity index (χ4n) is 3.71. The Kier molecular flexibility index (Phi) is 5.24. The van der Waals surface area contributed by atoms with Gasteiger partial charge in [0.2, 0.25) is 0 Å². The van der Waals surface area contributed by atoms with Gasteiger partial charge in [0.25, 0.3) is 0 Å². The summed E-state index contributed by atoms with van der Waals surface area (Å²) in [7, 11) is 1.63. The molecule has 1 saturated heterocycles. The molecule has 0 spiro atoms. The molecule has 1 aliphatic carbocycles. The van der Waals surface area contributed by atoms with Crippen molar-refractivity contribution in [3.63, 3.8) is 0 Å². The molecule has 2 fully saturated rings. The lowest BCUT2D eigenvalue weighted by Gasteiger charge is -2.40. The highest BCUT2D eigenvalue weighted by Crippen LogP contribution is 2.33. The van der Waals surface area contributed by atoms with Crippen LogP contribution in [0, 0.1) is 5.92 Å². The molecule has 3 rings (SSSR count). The van der Waals surface area contributed by atoms with E-state index in [1.807, 2.05) is 12.1 Å². The Morgan fingerprint density at radius 1 is 1.41 bits per heavy atom. The van der Waals surface area contributed by atoms with Crippen LogP contribution >= 0.6 is 11.6 Å². The average molecular weight is 326 g/mol. The Balaban J connectivity index is 1.72. The van der Waals surface area contributed by atoms with Crippen LogP contribution in [0.2, 0.25) is 5.02 Å². The van der Waals surface area contributed by atoms with Crippen LogP contribution in [0.5, 0.6) is 5.75 Å². The molecular weight excluding hydrogens is 302 g/mol. The highest BCUT2D eigenvalue weighted by atomic mass is 35.5. The molecule has 0 bridgehead atoms. The quantitative estimate of drug-likeness (QED) is 0.924. The van der Waals surface area contributed by atoms with Crippen molar-refractivity contribution in [2.45, 2.75) is 38.0 Å². The number of nitrogens with zero attached hydrogens (tertiary/aromatic N) is 1. The summed E-state index contributed by atoms with van der Waals surface area (Å²) in [5.41, 5.74) is 1.17. The first-order valence-corrected chi connectivity index (χ1v) is 8.39. The van der Waals surface area contributed by atoms with Gasteiger partial charge in [-0.25, -0.2) is 0 Å². The molecule has 0 aromatic heterocycles. The van der Waals surface area contributed by atoms with Crippen LogP contribution in [-0.4, -0.2) is 49.0 Å². The minimum absolute atomic E-state index is 0.186. The molecule has 0 radical (unpaired) electrons. The number of rotatable bonds is 4. The van der Waals surface area contributed by atoms with E-state index < -0.39 is 0 Å². The highest BCUT2D eigenvalue weighted by Gasteiger charge is 2.37. The van der Waals surface area contributed by atoms with E-state index in [2.05, 4.69) is 11.0 Å². The van der Waals surface area contributed by atoms with Crippen molar-refractivity contribution in [1.82, 2.24) is 4.90 Å². The van der Waals surface area contributed by atoms with Gasteiger partial charge in [0.05, 0.1) is 31.5 Å². The maximum atomic E-state index is 10.2. The minimum Gasteiger partial charge on any atom is -0.495 e. The Morgan fingerprint density at radius 2 is 2.27 bits per heavy atom. The van der Waals surface area contributed by atoms with Crippen molar-refractivity contribution < 1.29 is 14.6 Å². The van der Waals surface area contributed by atoms with Crippen molar-refractivity contribution in [2.24, 2.45) is 5.92 Å². The van der Waals surface area contributed by atoms with Crippen molar-refractivity contribution in [2.75, 3.05) is 26.9 Å². The largest absolute Gasteiger partial charge is 0.495 e. The van der Waals surface area contributed by atoms with Gasteiger partial charge in [0, 0.05) is 25.0 Å². The number of aliphatic hydroxyl groups excluding tert-OH is 1. The van der Waals surface area contributed by atoms with Crippen LogP contribution in [0.15, 0.2) is 18.2 Å². The minimum atomic E-state index is -0.186. The summed E-state index contributed by atoms with van der Waals surface area (Å²) in [5.74, 6) is 1.03. The molecular formula is C17H24ClNO3. The molecule has 1 aromatic rings. The van der Waals surface area contributed by atoms with Crippen LogP contribution in [0.25, 0.3) is 0 Å². The zero-order valence-electron chi connectivity index (χ0n) is 13.0. The summed E-state index contributed by atoms with van der Waals surface area (Å²) in [4.78, 5) is 2.43. The molecule has 1 aromatic carbocycles. The van der Waals surface area contributed by atoms with Crippen molar-refractivity contribution >= 4 is 11.6 Å². The van der Waals surface area contributed by atoms with Crippen molar-refractivity contribution in [3.8, 4) is 5.75 Å². The molecule has 5 heteroatoms. The van der Waals surface area contributed by atoms with Crippen molar-refractivity contribution in [3.05, 3.63) is 28.8 Å². The van der Waals surface area contributed by atoms with Crippen LogP contribution < -0.4 is 4.74 Å². The zero-order chi connectivity index (χ0) is 15.5. The van der Waals surface area contributed by atoms with Crippen LogP contribution in [0.3, 0.4) is 0 Å². The summed E-state index contributed by atoms with van der Waals surface area (Å²) in [6.07, 6.45) is 2.94. The molecule has 0 amide bonds. The predicted molar refractivity (Wildman–Crippen MR) is 86.4 cm³/mol. The predicted octanol–water partition coefficient (Wildman–Crippen LogP) is 2.71. The Hall–Kier alpha value is -0.810. The third kappa shape index (κ3) is 3.40. The maximum Gasteiger partial charge on any atom is 0.137 e. The number of ether oxygens (including phenoxy) is 2. The van der Waals surface area contributed by atoms with Gasteiger partial charge in [0.15, 0.2) is 0 Å². The molecule has 4 nitrogen and oxygen atoms in total. The first kappa shape index (κ1) is 16.1. The number of aliphatic hydroxyl groups is 1. The van der Waals surface area contributed by atoms with E-state index in [0.717, 1.165) is 39.0 Å². The molecule has 22 heavy (non-hydrogen) atoms. The standard InChI is InChI=1S/C17H24ClNO3/c1-21-17-6-5-12(9-14(17)18)10-19-7-8-22-11-15(19)13-3-2-4-16(13)20/h5-6,9,13,15-16,20H,2-4,7-8,10-11H2,1H3/t13-,15-,16+/m1/s1. The Labute approximate surface area is 137 Å². The van der Waals surface area contributed by atoms with Gasteiger partial charge in [-0.1, -0.05) is 24.1 Å². The van der Waals surface area contributed by atoms with E-state index in [-0.39, 0.29) is 6.10 Å². The molecule has 3 atom stereocenters. The molecule has 0 unspecified atom stereocenters. The van der Waals surface area contributed by atoms with Crippen molar-refractivity contribution in [1.29, 1.82) is 0 Å². The fraction of sp³-hybridized carbons (Fsp3) is 0.647. The number of halogens is 1. The smallest absolute Gasteiger partial charge is 0.137 e. The topological polar surface area (TPSA) is 41.9 Å². The van der Waals surface area contributed by atoms with Gasteiger partial charge in [0.1, 0.15) is 5.75 Å². The average Bonchev–Trinajstić information content (AvgIpc) is 2.94. The van der Waals surface area contributed by atoms with E-state index in [4.69, 9.17) is 21.1 Å². The first-order valence-electron chi connectivity index (χ1n) is 8.01. The van der Waals surface area contributed by atoms with E-state index >= 15 is 0 Å². The van der Waals surface area contributed by atoms with Gasteiger partial charge in [-0.15, -0.1) is 0 Å². The monoisotopic (exact) mass is 325 g/mol. The third-order valence-corrected chi connectivity index (χ3v) is 5.20. The van der Waals surface area contributed by atoms with Crippen LogP contribution in [0.1, 0.15) is 24.8 Å². The maximum absolute atomic E-state index is 10.2. The zero-order valence-corrected chi connectivity index (χ0v) is 13.8. The molecule has 2 aliphatic rings. The fourth-order valence-corrected chi connectivity index (χ4v) is 3.99. The summed E-state index contributed by atoms with van der Waals surface area (Å²) in [5, 5.41) is 10.9. The number of morpholine rings is 1. The lowest BCUT2D eigenvalue weighted by molar-refractivity contribution is -0.0536. The summed E-state index contributed by atoms with van der Waals surface area (Å²) >= 11 is 6.23. The number of hydrogen-bond donors (Lipinski definition) is 1. The molecule has 1 N–H and O–H groups in total. The number of hydrogen-bond acceptors (Lipinski definition) is 4. The lowest BCUT2D eigenvalue weighted by atomic mass is 9.94. The second kappa shape index (κ2) is 7.18. The first-order chi connectivity index (χ1) is 10.7. The van der Waals surface area contributed by atoms with Crippen LogP contribution in [-0.2, 0) is 11.3 Å². The summed E-state index contributed by atoms with van der Waals surface area (Å²) < 4.78 is 10.9.